The monoisotopic (exact) mass is 470 g/mol. The molecule has 0 atom stereocenters. The van der Waals surface area contributed by atoms with E-state index in [-0.39, 0.29) is 13.2 Å². The molecule has 0 heterocycles. The third-order valence-electron chi connectivity index (χ3n) is 4.24. The van der Waals surface area contributed by atoms with Gasteiger partial charge in [0.05, 0.1) is 37.3 Å². The summed E-state index contributed by atoms with van der Waals surface area (Å²) in [4.78, 5) is 45.9. The summed E-state index contributed by atoms with van der Waals surface area (Å²) in [6.45, 7) is 9.59. The quantitative estimate of drug-likeness (QED) is 0.156. The average molecular weight is 470 g/mol. The molecule has 2 N–H and O–H groups in total. The van der Waals surface area contributed by atoms with Crippen molar-refractivity contribution in [2.75, 3.05) is 52.9 Å². The molecule has 0 radical (unpaired) electrons. The number of ether oxygens (including phenoxy) is 5. The van der Waals surface area contributed by atoms with Crippen LogP contribution in [0.25, 0.3) is 0 Å². The van der Waals surface area contributed by atoms with Gasteiger partial charge in [-0.2, -0.15) is 0 Å². The summed E-state index contributed by atoms with van der Waals surface area (Å²) in [5.41, 5.74) is -2.76. The van der Waals surface area contributed by atoms with Crippen molar-refractivity contribution in [1.82, 2.24) is 0 Å². The molecule has 0 rings (SSSR count). The summed E-state index contributed by atoms with van der Waals surface area (Å²) in [5.74, 6) is -3.11. The van der Waals surface area contributed by atoms with Gasteiger partial charge >= 0.3 is 23.9 Å². The largest absolute Gasteiger partial charge is 0.462 e. The van der Waals surface area contributed by atoms with Crippen molar-refractivity contribution in [3.05, 3.63) is 50.6 Å². The fourth-order valence-electron chi connectivity index (χ4n) is 2.14. The van der Waals surface area contributed by atoms with Gasteiger partial charge in [-0.25, -0.2) is 19.2 Å². The summed E-state index contributed by atoms with van der Waals surface area (Å²) in [6, 6.07) is 0. The molecule has 0 spiro atoms. The minimum atomic E-state index is -1.38. The smallest absolute Gasteiger partial charge is 0.330 e. The van der Waals surface area contributed by atoms with E-state index in [4.69, 9.17) is 23.7 Å². The number of esters is 4. The lowest BCUT2D eigenvalue weighted by Crippen LogP contribution is -2.45. The molecule has 0 aliphatic rings. The fraction of sp³-hybridized carbons (Fsp3) is 0.455. The second-order valence-electron chi connectivity index (χ2n) is 7.06. The molecule has 0 unspecified atom stereocenters. The van der Waals surface area contributed by atoms with Gasteiger partial charge in [-0.05, 0) is 0 Å². The first kappa shape index (κ1) is 29.7. The van der Waals surface area contributed by atoms with Gasteiger partial charge in [-0.1, -0.05) is 26.3 Å². The zero-order chi connectivity index (χ0) is 25.3. The summed E-state index contributed by atoms with van der Waals surface area (Å²) < 4.78 is 25.6. The van der Waals surface area contributed by atoms with Gasteiger partial charge in [0.1, 0.15) is 26.4 Å². The molecular formula is C22H30O11. The van der Waals surface area contributed by atoms with Gasteiger partial charge < -0.3 is 33.9 Å². The van der Waals surface area contributed by atoms with Crippen molar-refractivity contribution in [2.45, 2.75) is 0 Å². The van der Waals surface area contributed by atoms with Crippen molar-refractivity contribution < 1.29 is 53.1 Å². The molecule has 11 nitrogen and oxygen atoms in total. The van der Waals surface area contributed by atoms with Crippen LogP contribution in [-0.2, 0) is 42.9 Å². The van der Waals surface area contributed by atoms with E-state index in [1.807, 2.05) is 0 Å². The van der Waals surface area contributed by atoms with Gasteiger partial charge in [-0.3, -0.25) is 0 Å². The Hall–Kier alpha value is -3.28. The number of aliphatic hydroxyl groups is 2. The fourth-order valence-corrected chi connectivity index (χ4v) is 2.14. The molecule has 0 bridgehead atoms. The van der Waals surface area contributed by atoms with E-state index >= 15 is 0 Å². The number of carbonyl (C=O) groups excluding carboxylic acids is 4. The van der Waals surface area contributed by atoms with E-state index in [0.29, 0.717) is 0 Å². The molecular weight excluding hydrogens is 440 g/mol. The zero-order valence-electron chi connectivity index (χ0n) is 18.4. The third kappa shape index (κ3) is 11.2. The van der Waals surface area contributed by atoms with Gasteiger partial charge in [0.15, 0.2) is 0 Å². The average Bonchev–Trinajstić information content (AvgIpc) is 2.85. The lowest BCUT2D eigenvalue weighted by molar-refractivity contribution is -0.162. The van der Waals surface area contributed by atoms with Crippen molar-refractivity contribution >= 4 is 23.9 Å². The number of aliphatic hydroxyl groups excluding tert-OH is 2. The van der Waals surface area contributed by atoms with E-state index in [1.54, 1.807) is 0 Å². The maximum atomic E-state index is 11.5. The first-order chi connectivity index (χ1) is 15.6. The zero-order valence-corrected chi connectivity index (χ0v) is 18.4. The Kier molecular flexibility index (Phi) is 14.0. The Labute approximate surface area is 191 Å². The molecule has 0 saturated carbocycles. The molecule has 0 aliphatic heterocycles. The Morgan fingerprint density at radius 2 is 0.788 bits per heavy atom. The Morgan fingerprint density at radius 1 is 0.545 bits per heavy atom. The van der Waals surface area contributed by atoms with Crippen LogP contribution in [0.3, 0.4) is 0 Å². The highest BCUT2D eigenvalue weighted by Gasteiger charge is 2.38. The second kappa shape index (κ2) is 15.5. The van der Waals surface area contributed by atoms with Crippen LogP contribution in [0.4, 0.5) is 0 Å². The molecule has 0 aromatic heterocycles. The summed E-state index contributed by atoms with van der Waals surface area (Å²) >= 11 is 0. The SMILES string of the molecule is C=CC(=O)OCC(CO)(COCC(CO)(COC(=O)C=C)COC(=O)C=C)COC(=O)C=C. The van der Waals surface area contributed by atoms with Crippen LogP contribution in [0.2, 0.25) is 0 Å². The highest BCUT2D eigenvalue weighted by molar-refractivity contribution is 5.82. The van der Waals surface area contributed by atoms with Crippen molar-refractivity contribution in [1.29, 1.82) is 0 Å². The van der Waals surface area contributed by atoms with E-state index < -0.39 is 74.3 Å². The predicted molar refractivity (Wildman–Crippen MR) is 114 cm³/mol. The second-order valence-corrected chi connectivity index (χ2v) is 7.06. The summed E-state index contributed by atoms with van der Waals surface area (Å²) in [7, 11) is 0. The first-order valence-electron chi connectivity index (χ1n) is 9.61. The predicted octanol–water partition coefficient (Wildman–Crippen LogP) is -0.123. The number of rotatable bonds is 18. The molecule has 0 saturated heterocycles. The highest BCUT2D eigenvalue weighted by atomic mass is 16.6. The Bertz CT molecular complexity index is 618. The summed E-state index contributed by atoms with van der Waals surface area (Å²) in [6.07, 6.45) is 3.66. The van der Waals surface area contributed by atoms with Crippen LogP contribution < -0.4 is 0 Å². The molecule has 11 heteroatoms. The van der Waals surface area contributed by atoms with Crippen LogP contribution in [0, 0.1) is 10.8 Å². The molecule has 184 valence electrons. The third-order valence-corrected chi connectivity index (χ3v) is 4.24. The normalized spacial score (nSPS) is 11.0. The van der Waals surface area contributed by atoms with Crippen LogP contribution in [0.15, 0.2) is 50.6 Å². The van der Waals surface area contributed by atoms with E-state index in [1.165, 1.54) is 0 Å². The standard InChI is InChI=1S/C22H30O11/c1-5-17(25)30-13-21(9-23,14-31-18(26)6-2)11-29-12-22(10-24,15-32-19(27)7-3)16-33-20(28)8-4/h5-8,23-24H,1-4,9-16H2. The Morgan fingerprint density at radius 3 is 0.970 bits per heavy atom. The molecule has 0 aliphatic carbocycles. The van der Waals surface area contributed by atoms with Gasteiger partial charge in [-0.15, -0.1) is 0 Å². The van der Waals surface area contributed by atoms with Crippen molar-refractivity contribution in [2.24, 2.45) is 10.8 Å². The first-order valence-corrected chi connectivity index (χ1v) is 9.61. The molecule has 33 heavy (non-hydrogen) atoms. The van der Waals surface area contributed by atoms with Gasteiger partial charge in [0.25, 0.3) is 0 Å². The molecule has 0 amide bonds. The van der Waals surface area contributed by atoms with Crippen molar-refractivity contribution in [3.8, 4) is 0 Å². The maximum Gasteiger partial charge on any atom is 0.330 e. The Balaban J connectivity index is 5.50. The van der Waals surface area contributed by atoms with Gasteiger partial charge in [0.2, 0.25) is 0 Å². The molecule has 0 aromatic rings. The lowest BCUT2D eigenvalue weighted by Gasteiger charge is -2.34. The summed E-state index contributed by atoms with van der Waals surface area (Å²) in [5, 5.41) is 19.9. The van der Waals surface area contributed by atoms with E-state index in [2.05, 4.69) is 26.3 Å². The van der Waals surface area contributed by atoms with Crippen LogP contribution in [0.1, 0.15) is 0 Å². The number of hydrogen-bond acceptors (Lipinski definition) is 11. The topological polar surface area (TPSA) is 155 Å². The number of hydrogen-bond donors (Lipinski definition) is 2. The van der Waals surface area contributed by atoms with E-state index in [9.17, 15) is 29.4 Å². The number of carbonyl (C=O) groups is 4. The lowest BCUT2D eigenvalue weighted by atomic mass is 9.90. The molecule has 0 fully saturated rings. The molecule has 0 aromatic carbocycles. The van der Waals surface area contributed by atoms with Gasteiger partial charge in [0, 0.05) is 24.3 Å². The van der Waals surface area contributed by atoms with E-state index in [0.717, 1.165) is 24.3 Å². The van der Waals surface area contributed by atoms with Crippen LogP contribution in [0.5, 0.6) is 0 Å². The highest BCUT2D eigenvalue weighted by Crippen LogP contribution is 2.24. The van der Waals surface area contributed by atoms with Crippen LogP contribution in [-0.4, -0.2) is 86.9 Å². The maximum absolute atomic E-state index is 11.5. The minimum Gasteiger partial charge on any atom is -0.462 e. The van der Waals surface area contributed by atoms with Crippen molar-refractivity contribution in [3.63, 3.8) is 0 Å². The minimum absolute atomic E-state index is 0.328. The van der Waals surface area contributed by atoms with Crippen LogP contribution >= 0.6 is 0 Å².